The number of benzene rings is 1. The third-order valence-electron chi connectivity index (χ3n) is 3.10. The Morgan fingerprint density at radius 1 is 1.35 bits per heavy atom. The quantitative estimate of drug-likeness (QED) is 0.875. The van der Waals surface area contributed by atoms with E-state index in [0.717, 1.165) is 26.1 Å². The molecule has 0 radical (unpaired) electrons. The molecule has 17 heavy (non-hydrogen) atoms. The topological polar surface area (TPSA) is 44.5 Å². The number of hydrogen-bond acceptors (Lipinski definition) is 3. The van der Waals surface area contributed by atoms with E-state index in [2.05, 4.69) is 0 Å². The zero-order valence-corrected chi connectivity index (χ0v) is 9.82. The van der Waals surface area contributed by atoms with Crippen molar-refractivity contribution in [1.29, 1.82) is 0 Å². The van der Waals surface area contributed by atoms with Crippen molar-refractivity contribution in [1.82, 2.24) is 0 Å². The Balaban J connectivity index is 1.95. The normalized spacial score (nSPS) is 17.1. The predicted octanol–water partition coefficient (Wildman–Crippen LogP) is 2.09. The van der Waals surface area contributed by atoms with E-state index < -0.39 is 0 Å². The summed E-state index contributed by atoms with van der Waals surface area (Å²) in [5, 5.41) is 0. The van der Waals surface area contributed by atoms with E-state index in [-0.39, 0.29) is 12.4 Å². The van der Waals surface area contributed by atoms with Crippen LogP contribution in [0.5, 0.6) is 5.75 Å². The minimum Gasteiger partial charge on any atom is -0.493 e. The zero-order chi connectivity index (χ0) is 12.1. The van der Waals surface area contributed by atoms with Crippen LogP contribution in [-0.2, 0) is 11.3 Å². The highest BCUT2D eigenvalue weighted by Gasteiger charge is 2.15. The second-order valence-corrected chi connectivity index (χ2v) is 4.29. The van der Waals surface area contributed by atoms with Crippen LogP contribution >= 0.6 is 0 Å². The maximum absolute atomic E-state index is 13.4. The number of hydrogen-bond donors (Lipinski definition) is 1. The number of rotatable bonds is 4. The van der Waals surface area contributed by atoms with E-state index in [0.29, 0.717) is 23.8 Å². The summed E-state index contributed by atoms with van der Waals surface area (Å²) in [6.07, 6.45) is 2.01. The van der Waals surface area contributed by atoms with Crippen LogP contribution in [0.3, 0.4) is 0 Å². The molecule has 1 saturated heterocycles. The summed E-state index contributed by atoms with van der Waals surface area (Å²) in [5.41, 5.74) is 5.98. The van der Waals surface area contributed by atoms with Gasteiger partial charge in [0, 0.05) is 25.3 Å². The molecule has 2 N–H and O–H groups in total. The van der Waals surface area contributed by atoms with Gasteiger partial charge in [0.1, 0.15) is 11.6 Å². The summed E-state index contributed by atoms with van der Waals surface area (Å²) in [6.45, 7) is 2.36. The first kappa shape index (κ1) is 12.3. The van der Waals surface area contributed by atoms with E-state index in [1.165, 1.54) is 6.07 Å². The molecule has 0 aliphatic carbocycles. The third kappa shape index (κ3) is 3.17. The molecule has 0 unspecified atom stereocenters. The van der Waals surface area contributed by atoms with Crippen molar-refractivity contribution >= 4 is 0 Å². The van der Waals surface area contributed by atoms with Crippen molar-refractivity contribution < 1.29 is 13.9 Å². The first-order chi connectivity index (χ1) is 8.31. The molecule has 2 rings (SSSR count). The molecule has 0 amide bonds. The molecule has 94 valence electrons. The van der Waals surface area contributed by atoms with Crippen LogP contribution in [0.2, 0.25) is 0 Å². The predicted molar refractivity (Wildman–Crippen MR) is 63.3 cm³/mol. The van der Waals surface area contributed by atoms with E-state index in [1.807, 2.05) is 0 Å². The van der Waals surface area contributed by atoms with Crippen LogP contribution in [0.1, 0.15) is 18.4 Å². The summed E-state index contributed by atoms with van der Waals surface area (Å²) in [5.74, 6) is 0.772. The molecular weight excluding hydrogens is 221 g/mol. The molecule has 1 heterocycles. The Hall–Kier alpha value is -1.13. The van der Waals surface area contributed by atoms with Crippen LogP contribution in [0, 0.1) is 11.7 Å². The van der Waals surface area contributed by atoms with Crippen LogP contribution < -0.4 is 10.5 Å². The van der Waals surface area contributed by atoms with E-state index in [1.54, 1.807) is 12.1 Å². The van der Waals surface area contributed by atoms with Crippen LogP contribution in [0.25, 0.3) is 0 Å². The molecule has 1 aliphatic rings. The van der Waals surface area contributed by atoms with Gasteiger partial charge in [-0.3, -0.25) is 0 Å². The van der Waals surface area contributed by atoms with Gasteiger partial charge in [0.25, 0.3) is 0 Å². The number of ether oxygens (including phenoxy) is 2. The van der Waals surface area contributed by atoms with Gasteiger partial charge in [-0.05, 0) is 30.9 Å². The maximum atomic E-state index is 13.4. The van der Waals surface area contributed by atoms with Crippen molar-refractivity contribution in [3.05, 3.63) is 29.6 Å². The highest BCUT2D eigenvalue weighted by Crippen LogP contribution is 2.23. The Labute approximate surface area is 101 Å². The summed E-state index contributed by atoms with van der Waals surface area (Å²) >= 11 is 0. The fourth-order valence-corrected chi connectivity index (χ4v) is 1.99. The highest BCUT2D eigenvalue weighted by atomic mass is 19.1. The highest BCUT2D eigenvalue weighted by molar-refractivity contribution is 5.34. The summed E-state index contributed by atoms with van der Waals surface area (Å²) in [4.78, 5) is 0. The zero-order valence-electron chi connectivity index (χ0n) is 9.82. The molecule has 0 spiro atoms. The van der Waals surface area contributed by atoms with Crippen LogP contribution in [-0.4, -0.2) is 19.8 Å². The van der Waals surface area contributed by atoms with Crippen LogP contribution in [0.4, 0.5) is 4.39 Å². The van der Waals surface area contributed by atoms with E-state index in [9.17, 15) is 4.39 Å². The molecule has 1 aromatic carbocycles. The third-order valence-corrected chi connectivity index (χ3v) is 3.10. The monoisotopic (exact) mass is 239 g/mol. The Bertz CT molecular complexity index is 364. The molecule has 4 heteroatoms. The molecule has 1 fully saturated rings. The molecule has 0 saturated carbocycles. The lowest BCUT2D eigenvalue weighted by molar-refractivity contribution is 0.0495. The second kappa shape index (κ2) is 5.98. The smallest absolute Gasteiger partial charge is 0.131 e. The van der Waals surface area contributed by atoms with Crippen molar-refractivity contribution in [2.45, 2.75) is 19.4 Å². The summed E-state index contributed by atoms with van der Waals surface area (Å²) in [6, 6.07) is 4.82. The maximum Gasteiger partial charge on any atom is 0.131 e. The SMILES string of the molecule is NCc1c(F)cccc1OCC1CCOCC1. The molecule has 0 atom stereocenters. The minimum atomic E-state index is -0.294. The van der Waals surface area contributed by atoms with Gasteiger partial charge in [0.2, 0.25) is 0 Å². The lowest BCUT2D eigenvalue weighted by Gasteiger charge is -2.22. The standard InChI is InChI=1S/C13H18FNO2/c14-12-2-1-3-13(11(12)8-15)17-9-10-4-6-16-7-5-10/h1-3,10H,4-9,15H2. The van der Waals surface area contributed by atoms with Crippen LogP contribution in [0.15, 0.2) is 18.2 Å². The van der Waals surface area contributed by atoms with E-state index >= 15 is 0 Å². The van der Waals surface area contributed by atoms with Gasteiger partial charge in [0.05, 0.1) is 6.61 Å². The first-order valence-electron chi connectivity index (χ1n) is 5.99. The van der Waals surface area contributed by atoms with Gasteiger partial charge in [-0.2, -0.15) is 0 Å². The number of nitrogens with two attached hydrogens (primary N) is 1. The van der Waals surface area contributed by atoms with Gasteiger partial charge in [-0.1, -0.05) is 6.07 Å². The Kier molecular flexibility index (Phi) is 4.34. The average molecular weight is 239 g/mol. The fourth-order valence-electron chi connectivity index (χ4n) is 1.99. The summed E-state index contributed by atoms with van der Waals surface area (Å²) < 4.78 is 24.4. The van der Waals surface area contributed by atoms with Gasteiger partial charge in [0.15, 0.2) is 0 Å². The number of halogens is 1. The molecule has 0 aromatic heterocycles. The van der Waals surface area contributed by atoms with Gasteiger partial charge >= 0.3 is 0 Å². The van der Waals surface area contributed by atoms with Crippen molar-refractivity contribution in [2.75, 3.05) is 19.8 Å². The largest absolute Gasteiger partial charge is 0.493 e. The Morgan fingerprint density at radius 3 is 2.82 bits per heavy atom. The second-order valence-electron chi connectivity index (χ2n) is 4.29. The molecule has 0 bridgehead atoms. The minimum absolute atomic E-state index is 0.162. The lowest BCUT2D eigenvalue weighted by atomic mass is 10.0. The molecule has 1 aliphatic heterocycles. The summed E-state index contributed by atoms with van der Waals surface area (Å²) in [7, 11) is 0. The lowest BCUT2D eigenvalue weighted by Crippen LogP contribution is -2.22. The van der Waals surface area contributed by atoms with Crippen molar-refractivity contribution in [3.8, 4) is 5.75 Å². The van der Waals surface area contributed by atoms with E-state index in [4.69, 9.17) is 15.2 Å². The molecule has 1 aromatic rings. The fraction of sp³-hybridized carbons (Fsp3) is 0.538. The average Bonchev–Trinajstić information content (AvgIpc) is 2.37. The van der Waals surface area contributed by atoms with Gasteiger partial charge in [-0.25, -0.2) is 4.39 Å². The Morgan fingerprint density at radius 2 is 2.12 bits per heavy atom. The van der Waals surface area contributed by atoms with Crippen molar-refractivity contribution in [3.63, 3.8) is 0 Å². The van der Waals surface area contributed by atoms with Gasteiger partial charge in [-0.15, -0.1) is 0 Å². The molecule has 3 nitrogen and oxygen atoms in total. The molecular formula is C13H18FNO2. The first-order valence-corrected chi connectivity index (χ1v) is 5.99. The van der Waals surface area contributed by atoms with Crippen molar-refractivity contribution in [2.24, 2.45) is 11.7 Å². The van der Waals surface area contributed by atoms with Gasteiger partial charge < -0.3 is 15.2 Å².